The van der Waals surface area contributed by atoms with Crippen molar-refractivity contribution in [2.45, 2.75) is 57.1 Å². The molecule has 1 saturated carbocycles. The summed E-state index contributed by atoms with van der Waals surface area (Å²) in [5, 5.41) is 0. The van der Waals surface area contributed by atoms with Crippen LogP contribution in [0.25, 0.3) is 0 Å². The predicted molar refractivity (Wildman–Crippen MR) is 62.1 cm³/mol. The van der Waals surface area contributed by atoms with Crippen molar-refractivity contribution in [2.75, 3.05) is 13.1 Å². The van der Waals surface area contributed by atoms with Crippen LogP contribution < -0.4 is 5.73 Å². The fraction of sp³-hybridized carbons (Fsp3) is 0.917. The lowest BCUT2D eigenvalue weighted by Crippen LogP contribution is -2.37. The highest BCUT2D eigenvalue weighted by Gasteiger charge is 2.34. The molecule has 0 bridgehead atoms. The first-order valence-corrected chi connectivity index (χ1v) is 6.48. The van der Waals surface area contributed by atoms with Crippen molar-refractivity contribution in [1.82, 2.24) is 4.90 Å². The minimum Gasteiger partial charge on any atom is -0.443 e. The molecule has 2 N–H and O–H groups in total. The Morgan fingerprint density at radius 1 is 1.19 bits per heavy atom. The second kappa shape index (κ2) is 5.53. The van der Waals surface area contributed by atoms with Gasteiger partial charge in [0, 0.05) is 12.6 Å². The van der Waals surface area contributed by atoms with Crippen molar-refractivity contribution in [3.8, 4) is 0 Å². The molecule has 2 fully saturated rings. The van der Waals surface area contributed by atoms with Gasteiger partial charge in [-0.15, -0.1) is 0 Å². The smallest absolute Gasteiger partial charge is 0.410 e. The van der Waals surface area contributed by atoms with Crippen LogP contribution in [0.15, 0.2) is 0 Å². The molecule has 0 spiro atoms. The maximum Gasteiger partial charge on any atom is 0.410 e. The zero-order valence-corrected chi connectivity index (χ0v) is 9.86. The number of ether oxygens (including phenoxy) is 1. The summed E-state index contributed by atoms with van der Waals surface area (Å²) >= 11 is 0. The molecule has 92 valence electrons. The van der Waals surface area contributed by atoms with E-state index in [9.17, 15) is 4.79 Å². The summed E-state index contributed by atoms with van der Waals surface area (Å²) in [5.41, 5.74) is 5.54. The molecule has 4 nitrogen and oxygen atoms in total. The van der Waals surface area contributed by atoms with E-state index in [1.165, 1.54) is 32.1 Å². The molecule has 2 rings (SSSR count). The molecule has 1 saturated heterocycles. The van der Waals surface area contributed by atoms with Gasteiger partial charge in [0.1, 0.15) is 6.10 Å². The van der Waals surface area contributed by atoms with Crippen LogP contribution in [0.2, 0.25) is 0 Å². The van der Waals surface area contributed by atoms with Crippen molar-refractivity contribution in [3.05, 3.63) is 0 Å². The molecule has 0 aromatic carbocycles. The van der Waals surface area contributed by atoms with Crippen LogP contribution in [0, 0.1) is 0 Å². The van der Waals surface area contributed by atoms with Gasteiger partial charge in [0.15, 0.2) is 0 Å². The van der Waals surface area contributed by atoms with Crippen molar-refractivity contribution in [3.63, 3.8) is 0 Å². The molecule has 1 unspecified atom stereocenters. The summed E-state index contributed by atoms with van der Waals surface area (Å²) in [5.74, 6) is 0. The molecular weight excluding hydrogens is 204 g/mol. The van der Waals surface area contributed by atoms with E-state index in [0.717, 1.165) is 12.8 Å². The molecule has 0 radical (unpaired) electrons. The lowest BCUT2D eigenvalue weighted by atomic mass is 9.96. The molecule has 1 heterocycles. The molecule has 1 aliphatic heterocycles. The van der Waals surface area contributed by atoms with Gasteiger partial charge < -0.3 is 15.4 Å². The number of carbonyl (C=O) groups is 1. The Balaban J connectivity index is 1.91. The molecule has 1 aliphatic carbocycles. The molecule has 1 atom stereocenters. The molecular formula is C12H22N2O2. The molecule has 16 heavy (non-hydrogen) atoms. The van der Waals surface area contributed by atoms with Gasteiger partial charge >= 0.3 is 6.09 Å². The average molecular weight is 226 g/mol. The first-order chi connectivity index (χ1) is 7.81. The zero-order chi connectivity index (χ0) is 11.4. The standard InChI is InChI=1S/C12H22N2O2/c13-8-11-9-14(12(15)16-11)10-6-4-2-1-3-5-7-10/h10-11H,1-9,13H2. The Bertz CT molecular complexity index is 237. The number of hydrogen-bond donors (Lipinski definition) is 1. The Labute approximate surface area is 97.1 Å². The van der Waals surface area contributed by atoms with Crippen LogP contribution in [0.3, 0.4) is 0 Å². The molecule has 2 aliphatic rings. The van der Waals surface area contributed by atoms with Crippen LogP contribution >= 0.6 is 0 Å². The van der Waals surface area contributed by atoms with Gasteiger partial charge in [-0.1, -0.05) is 32.1 Å². The van der Waals surface area contributed by atoms with Crippen LogP contribution in [-0.4, -0.2) is 36.2 Å². The minimum atomic E-state index is -0.152. The summed E-state index contributed by atoms with van der Waals surface area (Å²) in [6, 6.07) is 0.393. The van der Waals surface area contributed by atoms with E-state index in [-0.39, 0.29) is 12.2 Å². The SMILES string of the molecule is NCC1CN(C2CCCCCCC2)C(=O)O1. The fourth-order valence-corrected chi connectivity index (χ4v) is 2.71. The Morgan fingerprint density at radius 3 is 2.38 bits per heavy atom. The van der Waals surface area contributed by atoms with Gasteiger partial charge in [0.05, 0.1) is 6.54 Å². The van der Waals surface area contributed by atoms with Gasteiger partial charge in [-0.2, -0.15) is 0 Å². The first-order valence-electron chi connectivity index (χ1n) is 6.48. The summed E-state index contributed by atoms with van der Waals surface area (Å²) in [6.45, 7) is 1.13. The van der Waals surface area contributed by atoms with E-state index < -0.39 is 0 Å². The Morgan fingerprint density at radius 2 is 1.81 bits per heavy atom. The predicted octanol–water partition coefficient (Wildman–Crippen LogP) is 1.88. The van der Waals surface area contributed by atoms with Crippen LogP contribution in [0.5, 0.6) is 0 Å². The summed E-state index contributed by atoms with van der Waals surface area (Å²) in [4.78, 5) is 13.6. The molecule has 1 amide bonds. The van der Waals surface area contributed by atoms with Crippen molar-refractivity contribution in [1.29, 1.82) is 0 Å². The quantitative estimate of drug-likeness (QED) is 0.782. The largest absolute Gasteiger partial charge is 0.443 e. The summed E-state index contributed by atoms with van der Waals surface area (Å²) in [7, 11) is 0. The normalized spacial score (nSPS) is 28.7. The molecule has 0 aromatic heterocycles. The number of nitrogens with two attached hydrogens (primary N) is 1. The van der Waals surface area contributed by atoms with Crippen molar-refractivity contribution < 1.29 is 9.53 Å². The first kappa shape index (κ1) is 11.7. The van der Waals surface area contributed by atoms with Gasteiger partial charge in [0.25, 0.3) is 0 Å². The minimum absolute atomic E-state index is 0.0852. The maximum absolute atomic E-state index is 11.7. The third kappa shape index (κ3) is 2.67. The molecule has 0 aromatic rings. The highest BCUT2D eigenvalue weighted by molar-refractivity contribution is 5.70. The van der Waals surface area contributed by atoms with Gasteiger partial charge in [0.2, 0.25) is 0 Å². The number of hydrogen-bond acceptors (Lipinski definition) is 3. The van der Waals surface area contributed by atoms with E-state index in [1.54, 1.807) is 0 Å². The highest BCUT2D eigenvalue weighted by Crippen LogP contribution is 2.25. The van der Waals surface area contributed by atoms with E-state index >= 15 is 0 Å². The average Bonchev–Trinajstić information content (AvgIpc) is 2.60. The Kier molecular flexibility index (Phi) is 4.04. The number of rotatable bonds is 2. The number of cyclic esters (lactones) is 1. The second-order valence-corrected chi connectivity index (χ2v) is 4.89. The summed E-state index contributed by atoms with van der Waals surface area (Å²) in [6.07, 6.45) is 8.46. The van der Waals surface area contributed by atoms with Crippen LogP contribution in [0.1, 0.15) is 44.9 Å². The third-order valence-electron chi connectivity index (χ3n) is 3.68. The van der Waals surface area contributed by atoms with Crippen molar-refractivity contribution in [2.24, 2.45) is 5.73 Å². The molecule has 4 heteroatoms. The van der Waals surface area contributed by atoms with Gasteiger partial charge in [-0.05, 0) is 12.8 Å². The van der Waals surface area contributed by atoms with E-state index in [4.69, 9.17) is 10.5 Å². The third-order valence-corrected chi connectivity index (χ3v) is 3.68. The Hall–Kier alpha value is -0.770. The van der Waals surface area contributed by atoms with E-state index in [1.807, 2.05) is 4.90 Å². The maximum atomic E-state index is 11.7. The lowest BCUT2D eigenvalue weighted by Gasteiger charge is -2.27. The van der Waals surface area contributed by atoms with Crippen molar-refractivity contribution >= 4 is 6.09 Å². The van der Waals surface area contributed by atoms with Gasteiger partial charge in [-0.25, -0.2) is 4.79 Å². The topological polar surface area (TPSA) is 55.6 Å². The number of carbonyl (C=O) groups excluding carboxylic acids is 1. The lowest BCUT2D eigenvalue weighted by molar-refractivity contribution is 0.126. The second-order valence-electron chi connectivity index (χ2n) is 4.89. The van der Waals surface area contributed by atoms with E-state index in [0.29, 0.717) is 19.1 Å². The van der Waals surface area contributed by atoms with Crippen LogP contribution in [-0.2, 0) is 4.74 Å². The number of amides is 1. The van der Waals surface area contributed by atoms with Gasteiger partial charge in [-0.3, -0.25) is 0 Å². The van der Waals surface area contributed by atoms with Crippen LogP contribution in [0.4, 0.5) is 4.79 Å². The zero-order valence-electron chi connectivity index (χ0n) is 9.86. The highest BCUT2D eigenvalue weighted by atomic mass is 16.6. The summed E-state index contributed by atoms with van der Waals surface area (Å²) < 4.78 is 5.21. The monoisotopic (exact) mass is 226 g/mol. The van der Waals surface area contributed by atoms with E-state index in [2.05, 4.69) is 0 Å². The number of nitrogens with zero attached hydrogens (tertiary/aromatic N) is 1. The fourth-order valence-electron chi connectivity index (χ4n) is 2.71.